The first kappa shape index (κ1) is 12.8. The molecule has 2 fully saturated rings. The molecule has 0 aromatic carbocycles. The molecule has 2 saturated heterocycles. The summed E-state index contributed by atoms with van der Waals surface area (Å²) in [6.45, 7) is 7.65. The summed E-state index contributed by atoms with van der Waals surface area (Å²) in [6, 6.07) is 0. The van der Waals surface area contributed by atoms with E-state index in [1.165, 1.54) is 12.8 Å². The summed E-state index contributed by atoms with van der Waals surface area (Å²) in [7, 11) is 0. The second kappa shape index (κ2) is 5.83. The van der Waals surface area contributed by atoms with Gasteiger partial charge in [0.1, 0.15) is 0 Å². The van der Waals surface area contributed by atoms with Crippen molar-refractivity contribution in [2.75, 3.05) is 39.3 Å². The van der Waals surface area contributed by atoms with Crippen molar-refractivity contribution in [2.24, 2.45) is 17.6 Å². The number of carbonyl (C=O) groups is 1. The third-order valence-electron chi connectivity index (χ3n) is 4.29. The number of nitrogens with two attached hydrogens (primary N) is 1. The maximum atomic E-state index is 12.0. The van der Waals surface area contributed by atoms with Gasteiger partial charge in [-0.15, -0.1) is 0 Å². The van der Waals surface area contributed by atoms with Gasteiger partial charge in [0.25, 0.3) is 0 Å². The van der Waals surface area contributed by atoms with E-state index < -0.39 is 0 Å². The lowest BCUT2D eigenvalue weighted by Gasteiger charge is -2.36. The lowest BCUT2D eigenvalue weighted by Crippen LogP contribution is -2.46. The van der Waals surface area contributed by atoms with Crippen molar-refractivity contribution in [3.8, 4) is 0 Å². The van der Waals surface area contributed by atoms with E-state index in [4.69, 9.17) is 5.73 Å². The van der Waals surface area contributed by atoms with E-state index in [0.717, 1.165) is 39.1 Å². The average molecular weight is 239 g/mol. The standard InChI is InChI=1S/C13H25N3O/c1-11-9-15(7-4-12(11)8-14)10-13(17)16-5-2-3-6-16/h11-12H,2-10,14H2,1H3. The summed E-state index contributed by atoms with van der Waals surface area (Å²) < 4.78 is 0. The summed E-state index contributed by atoms with van der Waals surface area (Å²) in [5.74, 6) is 1.59. The third-order valence-corrected chi connectivity index (χ3v) is 4.29. The molecule has 2 rings (SSSR count). The molecule has 2 heterocycles. The van der Waals surface area contributed by atoms with Crippen LogP contribution in [0.5, 0.6) is 0 Å². The molecule has 0 saturated carbocycles. The van der Waals surface area contributed by atoms with Gasteiger partial charge in [0.2, 0.25) is 5.91 Å². The van der Waals surface area contributed by atoms with E-state index >= 15 is 0 Å². The highest BCUT2D eigenvalue weighted by atomic mass is 16.2. The van der Waals surface area contributed by atoms with Gasteiger partial charge in [0, 0.05) is 19.6 Å². The molecule has 0 aliphatic carbocycles. The fraction of sp³-hybridized carbons (Fsp3) is 0.923. The lowest BCUT2D eigenvalue weighted by atomic mass is 9.87. The van der Waals surface area contributed by atoms with E-state index in [1.54, 1.807) is 0 Å². The first-order valence-corrected chi connectivity index (χ1v) is 6.91. The van der Waals surface area contributed by atoms with Crippen LogP contribution in [0.2, 0.25) is 0 Å². The van der Waals surface area contributed by atoms with Crippen LogP contribution in [-0.4, -0.2) is 55.0 Å². The molecular formula is C13H25N3O. The third kappa shape index (κ3) is 3.19. The van der Waals surface area contributed by atoms with Crippen LogP contribution in [0.1, 0.15) is 26.2 Å². The van der Waals surface area contributed by atoms with Gasteiger partial charge >= 0.3 is 0 Å². The summed E-state index contributed by atoms with van der Waals surface area (Å²) in [5, 5.41) is 0. The SMILES string of the molecule is CC1CN(CC(=O)N2CCCC2)CCC1CN. The summed E-state index contributed by atoms with van der Waals surface area (Å²) in [6.07, 6.45) is 3.50. The molecule has 2 atom stereocenters. The molecule has 2 aliphatic rings. The Labute approximate surface area is 104 Å². The quantitative estimate of drug-likeness (QED) is 0.781. The van der Waals surface area contributed by atoms with Crippen molar-refractivity contribution in [1.82, 2.24) is 9.80 Å². The van der Waals surface area contributed by atoms with Gasteiger partial charge in [-0.1, -0.05) is 6.92 Å². The van der Waals surface area contributed by atoms with Gasteiger partial charge < -0.3 is 10.6 Å². The zero-order valence-corrected chi connectivity index (χ0v) is 10.9. The molecule has 1 amide bonds. The van der Waals surface area contributed by atoms with E-state index in [-0.39, 0.29) is 0 Å². The van der Waals surface area contributed by atoms with E-state index in [1.807, 2.05) is 4.90 Å². The second-order valence-electron chi connectivity index (χ2n) is 5.58. The predicted molar refractivity (Wildman–Crippen MR) is 68.6 cm³/mol. The van der Waals surface area contributed by atoms with Crippen molar-refractivity contribution >= 4 is 5.91 Å². The summed E-state index contributed by atoms with van der Waals surface area (Å²) >= 11 is 0. The molecule has 0 radical (unpaired) electrons. The molecule has 4 nitrogen and oxygen atoms in total. The molecule has 17 heavy (non-hydrogen) atoms. The second-order valence-corrected chi connectivity index (χ2v) is 5.58. The minimum Gasteiger partial charge on any atom is -0.342 e. The Hall–Kier alpha value is -0.610. The van der Waals surface area contributed by atoms with Gasteiger partial charge in [-0.2, -0.15) is 0 Å². The fourth-order valence-electron chi connectivity index (χ4n) is 3.03. The van der Waals surface area contributed by atoms with Crippen molar-refractivity contribution in [3.63, 3.8) is 0 Å². The molecular weight excluding hydrogens is 214 g/mol. The van der Waals surface area contributed by atoms with Crippen LogP contribution in [0, 0.1) is 11.8 Å². The van der Waals surface area contributed by atoms with Crippen LogP contribution in [-0.2, 0) is 4.79 Å². The molecule has 4 heteroatoms. The Morgan fingerprint density at radius 1 is 1.29 bits per heavy atom. The number of amides is 1. The fourth-order valence-corrected chi connectivity index (χ4v) is 3.03. The van der Waals surface area contributed by atoms with Crippen LogP contribution in [0.25, 0.3) is 0 Å². The van der Waals surface area contributed by atoms with Gasteiger partial charge in [0.15, 0.2) is 0 Å². The number of hydrogen-bond donors (Lipinski definition) is 1. The number of hydrogen-bond acceptors (Lipinski definition) is 3. The molecule has 2 aliphatic heterocycles. The molecule has 0 bridgehead atoms. The van der Waals surface area contributed by atoms with Crippen LogP contribution < -0.4 is 5.73 Å². The molecule has 98 valence electrons. The first-order valence-electron chi connectivity index (χ1n) is 6.91. The van der Waals surface area contributed by atoms with Gasteiger partial charge in [0.05, 0.1) is 6.54 Å². The zero-order valence-electron chi connectivity index (χ0n) is 10.9. The van der Waals surface area contributed by atoms with E-state index in [0.29, 0.717) is 24.3 Å². The van der Waals surface area contributed by atoms with Crippen molar-refractivity contribution < 1.29 is 4.79 Å². The monoisotopic (exact) mass is 239 g/mol. The van der Waals surface area contributed by atoms with Gasteiger partial charge in [-0.05, 0) is 44.2 Å². The van der Waals surface area contributed by atoms with Crippen molar-refractivity contribution in [2.45, 2.75) is 26.2 Å². The molecule has 2 unspecified atom stereocenters. The Morgan fingerprint density at radius 3 is 2.59 bits per heavy atom. The summed E-state index contributed by atoms with van der Waals surface area (Å²) in [5.41, 5.74) is 5.75. The predicted octanol–water partition coefficient (Wildman–Crippen LogP) is 0.526. The minimum atomic E-state index is 0.320. The number of rotatable bonds is 3. The number of carbonyl (C=O) groups excluding carboxylic acids is 1. The topological polar surface area (TPSA) is 49.6 Å². The first-order chi connectivity index (χ1) is 8.20. The summed E-state index contributed by atoms with van der Waals surface area (Å²) in [4.78, 5) is 16.3. The van der Waals surface area contributed by atoms with Gasteiger partial charge in [-0.25, -0.2) is 0 Å². The van der Waals surface area contributed by atoms with Crippen LogP contribution in [0.3, 0.4) is 0 Å². The Bertz CT molecular complexity index is 263. The Kier molecular flexibility index (Phi) is 4.40. The maximum absolute atomic E-state index is 12.0. The van der Waals surface area contributed by atoms with Crippen LogP contribution in [0.15, 0.2) is 0 Å². The Morgan fingerprint density at radius 2 is 2.00 bits per heavy atom. The highest BCUT2D eigenvalue weighted by molar-refractivity contribution is 5.78. The smallest absolute Gasteiger partial charge is 0.236 e. The van der Waals surface area contributed by atoms with Gasteiger partial charge in [-0.3, -0.25) is 9.69 Å². The van der Waals surface area contributed by atoms with Crippen LogP contribution >= 0.6 is 0 Å². The maximum Gasteiger partial charge on any atom is 0.236 e. The van der Waals surface area contributed by atoms with Crippen molar-refractivity contribution in [3.05, 3.63) is 0 Å². The van der Waals surface area contributed by atoms with Crippen molar-refractivity contribution in [1.29, 1.82) is 0 Å². The van der Waals surface area contributed by atoms with E-state index in [9.17, 15) is 4.79 Å². The van der Waals surface area contributed by atoms with Crippen LogP contribution in [0.4, 0.5) is 0 Å². The Balaban J connectivity index is 1.78. The largest absolute Gasteiger partial charge is 0.342 e. The lowest BCUT2D eigenvalue weighted by molar-refractivity contribution is -0.131. The average Bonchev–Trinajstić information content (AvgIpc) is 2.82. The highest BCUT2D eigenvalue weighted by Gasteiger charge is 2.27. The molecule has 2 N–H and O–H groups in total. The highest BCUT2D eigenvalue weighted by Crippen LogP contribution is 2.22. The normalized spacial score (nSPS) is 30.8. The molecule has 0 aromatic heterocycles. The number of likely N-dealkylation sites (tertiary alicyclic amines) is 2. The zero-order chi connectivity index (χ0) is 12.3. The molecule has 0 spiro atoms. The van der Waals surface area contributed by atoms with E-state index in [2.05, 4.69) is 11.8 Å². The minimum absolute atomic E-state index is 0.320. The number of nitrogens with zero attached hydrogens (tertiary/aromatic N) is 2. The number of piperidine rings is 1. The molecule has 0 aromatic rings.